The van der Waals surface area contributed by atoms with E-state index in [-0.39, 0.29) is 10.8 Å². The molecule has 1 aliphatic rings. The zero-order valence-electron chi connectivity index (χ0n) is 14.3. The number of amides is 1. The third kappa shape index (κ3) is 4.55. The van der Waals surface area contributed by atoms with Gasteiger partial charge in [-0.15, -0.1) is 0 Å². The van der Waals surface area contributed by atoms with Crippen molar-refractivity contribution in [3.8, 4) is 0 Å². The van der Waals surface area contributed by atoms with Crippen LogP contribution < -0.4 is 5.32 Å². The molecule has 1 aliphatic heterocycles. The van der Waals surface area contributed by atoms with E-state index in [1.807, 2.05) is 13.8 Å². The minimum absolute atomic E-state index is 0.223. The largest absolute Gasteiger partial charge is 0.382 e. The Morgan fingerprint density at radius 3 is 2.71 bits per heavy atom. The lowest BCUT2D eigenvalue weighted by atomic mass is 10.2. The Kier molecular flexibility index (Phi) is 6.77. The number of carbonyl (C=O) groups excluding carboxylic acids is 1. The van der Waals surface area contributed by atoms with Crippen molar-refractivity contribution in [2.24, 2.45) is 0 Å². The van der Waals surface area contributed by atoms with Crippen LogP contribution in [0.25, 0.3) is 0 Å². The van der Waals surface area contributed by atoms with Gasteiger partial charge < -0.3 is 10.1 Å². The van der Waals surface area contributed by atoms with Crippen molar-refractivity contribution in [2.45, 2.75) is 44.0 Å². The van der Waals surface area contributed by atoms with E-state index in [0.29, 0.717) is 39.1 Å². The number of nitrogens with zero attached hydrogens (tertiary/aromatic N) is 1. The van der Waals surface area contributed by atoms with Gasteiger partial charge in [-0.05, 0) is 45.2 Å². The summed E-state index contributed by atoms with van der Waals surface area (Å²) in [7, 11) is -3.64. The van der Waals surface area contributed by atoms with Gasteiger partial charge in [0, 0.05) is 26.3 Å². The lowest BCUT2D eigenvalue weighted by Gasteiger charge is -2.23. The number of sulfonamides is 1. The predicted molar refractivity (Wildman–Crippen MR) is 92.2 cm³/mol. The van der Waals surface area contributed by atoms with E-state index in [1.165, 1.54) is 4.31 Å². The summed E-state index contributed by atoms with van der Waals surface area (Å²) in [6.45, 7) is 5.95. The molecule has 0 aromatic heterocycles. The van der Waals surface area contributed by atoms with Crippen molar-refractivity contribution in [2.75, 3.05) is 26.3 Å². The Bertz CT molecular complexity index is 643. The van der Waals surface area contributed by atoms with Crippen molar-refractivity contribution in [1.82, 2.24) is 9.62 Å². The lowest BCUT2D eigenvalue weighted by molar-refractivity contribution is -0.124. The van der Waals surface area contributed by atoms with Gasteiger partial charge in [-0.3, -0.25) is 4.79 Å². The molecule has 7 heteroatoms. The van der Waals surface area contributed by atoms with Gasteiger partial charge in [-0.25, -0.2) is 8.42 Å². The molecule has 1 fully saturated rings. The molecule has 0 aliphatic carbocycles. The molecular weight excluding hydrogens is 328 g/mol. The summed E-state index contributed by atoms with van der Waals surface area (Å²) in [6.07, 6.45) is 1.97. The number of ether oxygens (including phenoxy) is 1. The van der Waals surface area contributed by atoms with Crippen LogP contribution in [0.5, 0.6) is 0 Å². The molecule has 1 aromatic carbocycles. The Balaban J connectivity index is 2.01. The van der Waals surface area contributed by atoms with E-state index < -0.39 is 16.1 Å². The normalized spacial score (nSPS) is 18.7. The maximum Gasteiger partial charge on any atom is 0.243 e. The molecule has 6 nitrogen and oxygen atoms in total. The number of hydrogen-bond acceptors (Lipinski definition) is 4. The molecule has 0 spiro atoms. The molecule has 1 N–H and O–H groups in total. The van der Waals surface area contributed by atoms with Gasteiger partial charge in [-0.1, -0.05) is 17.7 Å². The van der Waals surface area contributed by atoms with Crippen LogP contribution >= 0.6 is 0 Å². The minimum atomic E-state index is -3.64. The van der Waals surface area contributed by atoms with Crippen LogP contribution in [0.15, 0.2) is 29.2 Å². The third-order valence-corrected chi connectivity index (χ3v) is 6.03. The average molecular weight is 354 g/mol. The second-order valence-electron chi connectivity index (χ2n) is 5.93. The van der Waals surface area contributed by atoms with Gasteiger partial charge in [0.15, 0.2) is 0 Å². The summed E-state index contributed by atoms with van der Waals surface area (Å²) in [4.78, 5) is 12.6. The first-order valence-electron chi connectivity index (χ1n) is 8.40. The van der Waals surface area contributed by atoms with Crippen LogP contribution in [0.2, 0.25) is 0 Å². The number of rotatable bonds is 8. The fraction of sp³-hybridized carbons (Fsp3) is 0.588. The molecule has 24 heavy (non-hydrogen) atoms. The molecule has 1 saturated heterocycles. The van der Waals surface area contributed by atoms with Gasteiger partial charge in [-0.2, -0.15) is 4.31 Å². The molecule has 134 valence electrons. The van der Waals surface area contributed by atoms with Gasteiger partial charge in [0.05, 0.1) is 4.90 Å². The minimum Gasteiger partial charge on any atom is -0.382 e. The molecule has 0 saturated carbocycles. The molecule has 1 atom stereocenters. The number of carbonyl (C=O) groups is 1. The van der Waals surface area contributed by atoms with Crippen molar-refractivity contribution in [1.29, 1.82) is 0 Å². The molecule has 2 rings (SSSR count). The Morgan fingerprint density at radius 1 is 1.33 bits per heavy atom. The van der Waals surface area contributed by atoms with E-state index in [0.717, 1.165) is 12.0 Å². The second kappa shape index (κ2) is 8.60. The second-order valence-corrected chi connectivity index (χ2v) is 7.82. The Labute approximate surface area is 144 Å². The molecular formula is C17H26N2O4S. The number of hydrogen-bond donors (Lipinski definition) is 1. The molecule has 0 bridgehead atoms. The Hall–Kier alpha value is -1.44. The van der Waals surface area contributed by atoms with Gasteiger partial charge in [0.1, 0.15) is 6.04 Å². The van der Waals surface area contributed by atoms with E-state index >= 15 is 0 Å². The summed E-state index contributed by atoms with van der Waals surface area (Å²) in [5, 5.41) is 2.82. The highest BCUT2D eigenvalue weighted by atomic mass is 32.2. The van der Waals surface area contributed by atoms with Gasteiger partial charge in [0.25, 0.3) is 0 Å². The van der Waals surface area contributed by atoms with E-state index in [1.54, 1.807) is 24.3 Å². The monoisotopic (exact) mass is 354 g/mol. The first kappa shape index (κ1) is 18.9. The molecule has 0 radical (unpaired) electrons. The van der Waals surface area contributed by atoms with Crippen LogP contribution in [0.3, 0.4) is 0 Å². The van der Waals surface area contributed by atoms with E-state index in [9.17, 15) is 13.2 Å². The van der Waals surface area contributed by atoms with Gasteiger partial charge in [0.2, 0.25) is 15.9 Å². The van der Waals surface area contributed by atoms with E-state index in [2.05, 4.69) is 5.32 Å². The maximum atomic E-state index is 12.8. The summed E-state index contributed by atoms with van der Waals surface area (Å²) < 4.78 is 32.2. The lowest BCUT2D eigenvalue weighted by Crippen LogP contribution is -2.46. The van der Waals surface area contributed by atoms with Crippen molar-refractivity contribution in [3.05, 3.63) is 29.8 Å². The first-order valence-corrected chi connectivity index (χ1v) is 9.84. The number of aryl methyl sites for hydroxylation is 1. The van der Waals surface area contributed by atoms with Gasteiger partial charge >= 0.3 is 0 Å². The smallest absolute Gasteiger partial charge is 0.243 e. The molecule has 1 heterocycles. The SMILES string of the molecule is CCOCCCNC(=O)C1CCCN1S(=O)(=O)c1ccc(C)cc1. The molecule has 1 unspecified atom stereocenters. The van der Waals surface area contributed by atoms with Crippen molar-refractivity contribution >= 4 is 15.9 Å². The zero-order valence-corrected chi connectivity index (χ0v) is 15.1. The Morgan fingerprint density at radius 2 is 2.04 bits per heavy atom. The zero-order chi connectivity index (χ0) is 17.6. The fourth-order valence-corrected chi connectivity index (χ4v) is 4.44. The van der Waals surface area contributed by atoms with Crippen LogP contribution in [0.1, 0.15) is 31.7 Å². The average Bonchev–Trinajstić information content (AvgIpc) is 3.05. The summed E-state index contributed by atoms with van der Waals surface area (Å²) >= 11 is 0. The first-order chi connectivity index (χ1) is 11.5. The summed E-state index contributed by atoms with van der Waals surface area (Å²) in [6, 6.07) is 6.11. The quantitative estimate of drug-likeness (QED) is 0.721. The molecule has 1 amide bonds. The van der Waals surface area contributed by atoms with Crippen LogP contribution in [0, 0.1) is 6.92 Å². The standard InChI is InChI=1S/C17H26N2O4S/c1-3-23-13-5-11-18-17(20)16-6-4-12-19(16)24(21,22)15-9-7-14(2)8-10-15/h7-10,16H,3-6,11-13H2,1-2H3,(H,18,20). The topological polar surface area (TPSA) is 75.7 Å². The number of nitrogens with one attached hydrogen (secondary N) is 1. The molecule has 1 aromatic rings. The predicted octanol–water partition coefficient (Wildman–Crippen LogP) is 1.69. The van der Waals surface area contributed by atoms with Crippen LogP contribution in [-0.2, 0) is 19.6 Å². The highest BCUT2D eigenvalue weighted by molar-refractivity contribution is 7.89. The summed E-state index contributed by atoms with van der Waals surface area (Å²) in [5.74, 6) is -0.223. The summed E-state index contributed by atoms with van der Waals surface area (Å²) in [5.41, 5.74) is 0.999. The third-order valence-electron chi connectivity index (χ3n) is 4.10. The maximum absolute atomic E-state index is 12.8. The highest BCUT2D eigenvalue weighted by Crippen LogP contribution is 2.26. The van der Waals surface area contributed by atoms with Crippen LogP contribution in [0.4, 0.5) is 0 Å². The van der Waals surface area contributed by atoms with Crippen molar-refractivity contribution < 1.29 is 17.9 Å². The van der Waals surface area contributed by atoms with Crippen molar-refractivity contribution in [3.63, 3.8) is 0 Å². The highest BCUT2D eigenvalue weighted by Gasteiger charge is 2.39. The number of benzene rings is 1. The van der Waals surface area contributed by atoms with Crippen LogP contribution in [-0.4, -0.2) is 51.0 Å². The fourth-order valence-electron chi connectivity index (χ4n) is 2.78. The van der Waals surface area contributed by atoms with E-state index in [4.69, 9.17) is 4.74 Å².